The van der Waals surface area contributed by atoms with Crippen LogP contribution in [-0.4, -0.2) is 0 Å². The number of hydrogen-bond acceptors (Lipinski definition) is 4. The molecule has 0 saturated heterocycles. The molecule has 0 amide bonds. The monoisotopic (exact) mass is 296 g/mol. The predicted octanol–water partition coefficient (Wildman–Crippen LogP) is -0.480. The minimum atomic E-state index is -2.25. The van der Waals surface area contributed by atoms with Gasteiger partial charge in [0.25, 0.3) is 0 Å². The van der Waals surface area contributed by atoms with Crippen LogP contribution in [0, 0.1) is 0 Å². The van der Waals surface area contributed by atoms with Gasteiger partial charge in [-0.15, -0.1) is 0 Å². The molecular weight excluding hydrogens is 296 g/mol. The van der Waals surface area contributed by atoms with Crippen molar-refractivity contribution >= 4 is 0 Å². The van der Waals surface area contributed by atoms with Crippen molar-refractivity contribution in [3.8, 4) is 0 Å². The van der Waals surface area contributed by atoms with Crippen molar-refractivity contribution in [2.45, 2.75) is 0 Å². The van der Waals surface area contributed by atoms with Crippen molar-refractivity contribution in [3.05, 3.63) is 0 Å². The molecule has 0 atom stereocenters. The van der Waals surface area contributed by atoms with Crippen molar-refractivity contribution in [2.24, 2.45) is 0 Å². The summed E-state index contributed by atoms with van der Waals surface area (Å²) < 4.78 is 34.1. The predicted molar refractivity (Wildman–Crippen MR) is 2.75 cm³/mol. The first kappa shape index (κ1) is 9.78. The summed E-state index contributed by atoms with van der Waals surface area (Å²) in [6.45, 7) is 0. The van der Waals surface area contributed by atoms with Gasteiger partial charge in [-0.25, -0.2) is 0 Å². The fraction of sp³-hybridized carbons (Fsp3) is 0. The third-order valence-corrected chi connectivity index (χ3v) is 0. The molecule has 34 valence electrons. The molecule has 0 fully saturated rings. The van der Waals surface area contributed by atoms with Gasteiger partial charge in [0.2, 0.25) is 0 Å². The van der Waals surface area contributed by atoms with Gasteiger partial charge < -0.3 is 0 Å². The molecule has 0 aromatic rings. The van der Waals surface area contributed by atoms with E-state index in [1.165, 1.54) is 0 Å². The van der Waals surface area contributed by atoms with E-state index in [9.17, 15) is 0 Å². The van der Waals surface area contributed by atoms with Crippen LogP contribution in [-0.2, 0) is 51.0 Å². The van der Waals surface area contributed by atoms with E-state index < -0.39 is 37.6 Å². The van der Waals surface area contributed by atoms with Crippen LogP contribution in [0.5, 0.6) is 0 Å². The van der Waals surface area contributed by atoms with Gasteiger partial charge in [-0.05, 0) is 0 Å². The van der Waals surface area contributed by atoms with Gasteiger partial charge in [0.15, 0.2) is 0 Å². The fourth-order valence-electron chi connectivity index (χ4n) is 0. The van der Waals surface area contributed by atoms with E-state index in [0.717, 1.165) is 0 Å². The van der Waals surface area contributed by atoms with Gasteiger partial charge in [-0.1, -0.05) is 0 Å². The first-order valence-electron chi connectivity index (χ1n) is 0.742. The van der Waals surface area contributed by atoms with Crippen LogP contribution in [0.4, 0.5) is 0 Å². The summed E-state index contributed by atoms with van der Waals surface area (Å²) in [6.07, 6.45) is 0. The summed E-state index contributed by atoms with van der Waals surface area (Å²) in [6, 6.07) is 0. The van der Waals surface area contributed by atoms with Crippen molar-refractivity contribution in [3.63, 3.8) is 0 Å². The fourth-order valence-corrected chi connectivity index (χ4v) is 0. The average molecular weight is 296 g/mol. The summed E-state index contributed by atoms with van der Waals surface area (Å²) in [5, 5.41) is 0. The Morgan fingerprint density at radius 1 is 1.17 bits per heavy atom. The normalized spacial score (nSPS) is 3.33. The second-order valence-corrected chi connectivity index (χ2v) is 0.901. The van der Waals surface area contributed by atoms with Crippen LogP contribution in [0.2, 0.25) is 0 Å². The summed E-state index contributed by atoms with van der Waals surface area (Å²) >= 11 is -4.25. The zero-order chi connectivity index (χ0) is 5.41. The van der Waals surface area contributed by atoms with Crippen molar-refractivity contribution < 1.29 is 51.0 Å². The Hall–Kier alpha value is 0.603. The first-order valence-corrected chi connectivity index (χ1v) is 4.41. The summed E-state index contributed by atoms with van der Waals surface area (Å²) in [5.41, 5.74) is 0. The van der Waals surface area contributed by atoms with Crippen LogP contribution in [0.1, 0.15) is 0 Å². The topological polar surface area (TPSA) is 68.3 Å². The summed E-state index contributed by atoms with van der Waals surface area (Å²) in [7, 11) is 0. The van der Waals surface area contributed by atoms with Crippen LogP contribution in [0.3, 0.4) is 0 Å². The van der Waals surface area contributed by atoms with E-state index >= 15 is 0 Å². The number of rotatable bonds is 0. The van der Waals surface area contributed by atoms with Gasteiger partial charge in [-0.3, -0.25) is 0 Å². The third-order valence-electron chi connectivity index (χ3n) is 0. The Bertz CT molecular complexity index is 61.5. The average Bonchev–Trinajstić information content (AvgIpc) is 1.39. The van der Waals surface area contributed by atoms with E-state index in [1.54, 1.807) is 0 Å². The Morgan fingerprint density at radius 3 is 1.17 bits per heavy atom. The third kappa shape index (κ3) is 165. The molecule has 0 aliphatic carbocycles. The Kier molecular flexibility index (Phi) is 28.6. The van der Waals surface area contributed by atoms with Gasteiger partial charge in [-0.2, -0.15) is 0 Å². The molecule has 0 spiro atoms. The maximum absolute atomic E-state index is 8.54. The van der Waals surface area contributed by atoms with Gasteiger partial charge in [0.1, 0.15) is 0 Å². The molecule has 0 aromatic carbocycles. The number of hydrogen-bond donors (Lipinski definition) is 0. The van der Waals surface area contributed by atoms with Gasteiger partial charge in [0.05, 0.1) is 0 Å². The molecule has 0 radical (unpaired) electrons. The van der Waals surface area contributed by atoms with Gasteiger partial charge >= 0.3 is 51.0 Å². The molecule has 6 heteroatoms. The zero-order valence-electron chi connectivity index (χ0n) is 2.54. The van der Waals surface area contributed by atoms with Crippen LogP contribution in [0.25, 0.3) is 0 Å². The van der Waals surface area contributed by atoms with Gasteiger partial charge in [0, 0.05) is 0 Å². The summed E-state index contributed by atoms with van der Waals surface area (Å²) in [4.78, 5) is 0. The van der Waals surface area contributed by atoms with Crippen LogP contribution < -0.4 is 0 Å². The van der Waals surface area contributed by atoms with Crippen molar-refractivity contribution in [1.29, 1.82) is 0 Å². The standard InChI is InChI=1S/4O.Ti.W. The molecule has 0 aliphatic rings. The maximum atomic E-state index is 8.54. The van der Waals surface area contributed by atoms with Crippen LogP contribution in [0.15, 0.2) is 0 Å². The Labute approximate surface area is 51.0 Å². The van der Waals surface area contributed by atoms with E-state index in [0.29, 0.717) is 0 Å². The molecular formula is O4TiW. The summed E-state index contributed by atoms with van der Waals surface area (Å²) in [5.74, 6) is 0. The van der Waals surface area contributed by atoms with Crippen molar-refractivity contribution in [1.82, 2.24) is 0 Å². The van der Waals surface area contributed by atoms with E-state index in [1.807, 2.05) is 0 Å². The molecule has 0 aromatic heterocycles. The molecule has 6 heavy (non-hydrogen) atoms. The molecule has 0 bridgehead atoms. The van der Waals surface area contributed by atoms with E-state index in [-0.39, 0.29) is 0 Å². The zero-order valence-corrected chi connectivity index (χ0v) is 7.04. The second-order valence-electron chi connectivity index (χ2n) is 0.151. The second kappa shape index (κ2) is 17.5. The quantitative estimate of drug-likeness (QED) is 0.566. The van der Waals surface area contributed by atoms with Crippen molar-refractivity contribution in [2.75, 3.05) is 0 Å². The Morgan fingerprint density at radius 2 is 1.17 bits per heavy atom. The van der Waals surface area contributed by atoms with Crippen LogP contribution >= 0.6 is 0 Å². The molecule has 0 saturated carbocycles. The van der Waals surface area contributed by atoms with E-state index in [2.05, 4.69) is 0 Å². The minimum absolute atomic E-state index is 2.00. The molecule has 4 nitrogen and oxygen atoms in total. The Balaban J connectivity index is 0. The molecule has 0 heterocycles. The first-order chi connectivity index (χ1) is 2.83. The van der Waals surface area contributed by atoms with E-state index in [4.69, 9.17) is 13.4 Å². The SMILES string of the molecule is [O]=[Ti]=[O].[O]=[W]=[O]. The molecule has 0 unspecified atom stereocenters. The molecule has 0 rings (SSSR count). The molecule has 0 aliphatic heterocycles. The molecule has 0 N–H and O–H groups in total.